The largest absolute Gasteiger partial charge is 0.497 e. The summed E-state index contributed by atoms with van der Waals surface area (Å²) in [5.41, 5.74) is 1.90. The molecule has 0 atom stereocenters. The van der Waals surface area contributed by atoms with E-state index < -0.39 is 10.0 Å². The molecule has 4 aromatic rings. The molecule has 0 saturated heterocycles. The van der Waals surface area contributed by atoms with Gasteiger partial charge < -0.3 is 9.26 Å². The lowest BCUT2D eigenvalue weighted by Gasteiger charge is -2.15. The molecule has 0 amide bonds. The SMILES string of the molecule is COc1ccc2cc(S(=O)(=O)N(C)Cc3nc(-c4cccc(C)c4)no3)ccc2c1. The Kier molecular flexibility index (Phi) is 5.27. The van der Waals surface area contributed by atoms with Gasteiger partial charge in [0, 0.05) is 12.6 Å². The number of methoxy groups -OCH3 is 1. The average Bonchev–Trinajstić information content (AvgIpc) is 3.21. The van der Waals surface area contributed by atoms with E-state index in [-0.39, 0.29) is 17.3 Å². The number of ether oxygens (including phenoxy) is 1. The summed E-state index contributed by atoms with van der Waals surface area (Å²) < 4.78 is 37.8. The lowest BCUT2D eigenvalue weighted by Crippen LogP contribution is -2.26. The van der Waals surface area contributed by atoms with E-state index >= 15 is 0 Å². The number of aromatic nitrogens is 2. The molecule has 0 aliphatic heterocycles. The number of rotatable bonds is 6. The summed E-state index contributed by atoms with van der Waals surface area (Å²) in [4.78, 5) is 4.54. The van der Waals surface area contributed by atoms with Crippen LogP contribution < -0.4 is 4.74 Å². The molecule has 1 aromatic heterocycles. The van der Waals surface area contributed by atoms with Gasteiger partial charge in [0.25, 0.3) is 0 Å². The van der Waals surface area contributed by atoms with Gasteiger partial charge in [-0.2, -0.15) is 9.29 Å². The molecule has 0 radical (unpaired) electrons. The first-order valence-electron chi connectivity index (χ1n) is 9.30. The first-order valence-corrected chi connectivity index (χ1v) is 10.7. The maximum atomic E-state index is 13.0. The topological polar surface area (TPSA) is 85.5 Å². The quantitative estimate of drug-likeness (QED) is 0.465. The van der Waals surface area contributed by atoms with Crippen LogP contribution in [0.4, 0.5) is 0 Å². The van der Waals surface area contributed by atoms with Crippen LogP contribution in [0.3, 0.4) is 0 Å². The van der Waals surface area contributed by atoms with Gasteiger partial charge in [-0.3, -0.25) is 0 Å². The summed E-state index contributed by atoms with van der Waals surface area (Å²) in [6.07, 6.45) is 0. The molecule has 1 heterocycles. The fourth-order valence-electron chi connectivity index (χ4n) is 3.17. The van der Waals surface area contributed by atoms with Crippen molar-refractivity contribution in [3.63, 3.8) is 0 Å². The minimum Gasteiger partial charge on any atom is -0.497 e. The van der Waals surface area contributed by atoms with Crippen LogP contribution in [0.15, 0.2) is 70.1 Å². The van der Waals surface area contributed by atoms with Gasteiger partial charge in [0.15, 0.2) is 0 Å². The Morgan fingerprint density at radius 2 is 1.80 bits per heavy atom. The molecule has 0 aliphatic carbocycles. The van der Waals surface area contributed by atoms with E-state index in [4.69, 9.17) is 9.26 Å². The van der Waals surface area contributed by atoms with E-state index in [1.807, 2.05) is 43.3 Å². The van der Waals surface area contributed by atoms with Crippen molar-refractivity contribution >= 4 is 20.8 Å². The molecule has 0 fully saturated rings. The van der Waals surface area contributed by atoms with Gasteiger partial charge in [0.05, 0.1) is 18.6 Å². The van der Waals surface area contributed by atoms with E-state index in [0.717, 1.165) is 27.6 Å². The average molecular weight is 423 g/mol. The molecule has 154 valence electrons. The van der Waals surface area contributed by atoms with Crippen LogP contribution >= 0.6 is 0 Å². The Labute approximate surface area is 175 Å². The predicted octanol–water partition coefficient (Wildman–Crippen LogP) is 4.03. The molecule has 3 aromatic carbocycles. The molecular weight excluding hydrogens is 402 g/mol. The van der Waals surface area contributed by atoms with E-state index in [1.54, 1.807) is 31.4 Å². The molecule has 0 aliphatic rings. The molecule has 0 N–H and O–H groups in total. The van der Waals surface area contributed by atoms with E-state index in [2.05, 4.69) is 10.1 Å². The minimum atomic E-state index is -3.73. The highest BCUT2D eigenvalue weighted by Crippen LogP contribution is 2.26. The van der Waals surface area contributed by atoms with Crippen LogP contribution in [0, 0.1) is 6.92 Å². The van der Waals surface area contributed by atoms with Crippen molar-refractivity contribution < 1.29 is 17.7 Å². The van der Waals surface area contributed by atoms with Gasteiger partial charge in [-0.15, -0.1) is 0 Å². The fraction of sp³-hybridized carbons (Fsp3) is 0.182. The molecule has 0 saturated carbocycles. The predicted molar refractivity (Wildman–Crippen MR) is 114 cm³/mol. The number of nitrogens with zero attached hydrogens (tertiary/aromatic N) is 3. The summed E-state index contributed by atoms with van der Waals surface area (Å²) in [6, 6.07) is 18.2. The maximum Gasteiger partial charge on any atom is 0.243 e. The second-order valence-corrected chi connectivity index (χ2v) is 9.06. The van der Waals surface area contributed by atoms with Crippen molar-refractivity contribution in [3.05, 3.63) is 72.1 Å². The molecule has 8 heteroatoms. The summed E-state index contributed by atoms with van der Waals surface area (Å²) in [7, 11) is -0.648. The van der Waals surface area contributed by atoms with Crippen LogP contribution in [0.2, 0.25) is 0 Å². The number of benzene rings is 3. The van der Waals surface area contributed by atoms with Crippen LogP contribution in [-0.2, 0) is 16.6 Å². The third-order valence-corrected chi connectivity index (χ3v) is 6.63. The van der Waals surface area contributed by atoms with Crippen molar-refractivity contribution in [2.45, 2.75) is 18.4 Å². The third-order valence-electron chi connectivity index (χ3n) is 4.83. The monoisotopic (exact) mass is 423 g/mol. The second-order valence-electron chi connectivity index (χ2n) is 7.02. The standard InChI is InChI=1S/C22H21N3O4S/c1-15-5-4-6-18(11-15)22-23-21(29-24-22)14-25(2)30(26,27)20-10-8-16-12-19(28-3)9-7-17(16)13-20/h4-13H,14H2,1-3H3. The number of hydrogen-bond donors (Lipinski definition) is 0. The Balaban J connectivity index is 1.57. The van der Waals surface area contributed by atoms with Gasteiger partial charge in [-0.25, -0.2) is 8.42 Å². The fourth-order valence-corrected chi connectivity index (χ4v) is 4.32. The minimum absolute atomic E-state index is 0.0260. The van der Waals surface area contributed by atoms with Gasteiger partial charge in [-0.05, 0) is 48.0 Å². The number of sulfonamides is 1. The zero-order valence-electron chi connectivity index (χ0n) is 16.9. The molecule has 0 unspecified atom stereocenters. The van der Waals surface area contributed by atoms with Crippen LogP contribution in [0.25, 0.3) is 22.2 Å². The Bertz CT molecular complexity index is 1310. The first kappa shape index (κ1) is 20.1. The molecular formula is C22H21N3O4S. The van der Waals surface area contributed by atoms with Gasteiger partial charge in [0.1, 0.15) is 5.75 Å². The molecule has 0 spiro atoms. The van der Waals surface area contributed by atoms with E-state index in [1.165, 1.54) is 11.4 Å². The number of aryl methyl sites for hydroxylation is 1. The van der Waals surface area contributed by atoms with Crippen molar-refractivity contribution in [2.24, 2.45) is 0 Å². The van der Waals surface area contributed by atoms with Crippen molar-refractivity contribution in [1.29, 1.82) is 0 Å². The van der Waals surface area contributed by atoms with E-state index in [9.17, 15) is 8.42 Å². The Morgan fingerprint density at radius 3 is 2.57 bits per heavy atom. The molecule has 7 nitrogen and oxygen atoms in total. The second kappa shape index (κ2) is 7.89. The highest BCUT2D eigenvalue weighted by atomic mass is 32.2. The van der Waals surface area contributed by atoms with E-state index in [0.29, 0.717) is 5.82 Å². The van der Waals surface area contributed by atoms with Crippen molar-refractivity contribution in [3.8, 4) is 17.1 Å². The lowest BCUT2D eigenvalue weighted by atomic mass is 10.1. The zero-order valence-corrected chi connectivity index (χ0v) is 17.7. The van der Waals surface area contributed by atoms with Gasteiger partial charge in [-0.1, -0.05) is 41.1 Å². The Hall–Kier alpha value is -3.23. The normalized spacial score (nSPS) is 11.9. The summed E-state index contributed by atoms with van der Waals surface area (Å²) >= 11 is 0. The highest BCUT2D eigenvalue weighted by molar-refractivity contribution is 7.89. The van der Waals surface area contributed by atoms with Crippen molar-refractivity contribution in [2.75, 3.05) is 14.2 Å². The van der Waals surface area contributed by atoms with Crippen LogP contribution in [0.1, 0.15) is 11.5 Å². The Morgan fingerprint density at radius 1 is 1.03 bits per heavy atom. The van der Waals surface area contributed by atoms with Gasteiger partial charge >= 0.3 is 0 Å². The lowest BCUT2D eigenvalue weighted by molar-refractivity contribution is 0.337. The summed E-state index contributed by atoms with van der Waals surface area (Å²) in [5.74, 6) is 1.37. The summed E-state index contributed by atoms with van der Waals surface area (Å²) in [5, 5.41) is 5.68. The molecule has 0 bridgehead atoms. The first-order chi connectivity index (χ1) is 14.4. The molecule has 30 heavy (non-hydrogen) atoms. The smallest absolute Gasteiger partial charge is 0.243 e. The molecule has 4 rings (SSSR count). The maximum absolute atomic E-state index is 13.0. The van der Waals surface area contributed by atoms with Crippen LogP contribution in [0.5, 0.6) is 5.75 Å². The number of fused-ring (bicyclic) bond motifs is 1. The van der Waals surface area contributed by atoms with Crippen molar-refractivity contribution in [1.82, 2.24) is 14.4 Å². The summed E-state index contributed by atoms with van der Waals surface area (Å²) in [6.45, 7) is 1.95. The highest BCUT2D eigenvalue weighted by Gasteiger charge is 2.23. The van der Waals surface area contributed by atoms with Gasteiger partial charge in [0.2, 0.25) is 21.7 Å². The van der Waals surface area contributed by atoms with Crippen LogP contribution in [-0.4, -0.2) is 37.0 Å². The zero-order chi connectivity index (χ0) is 21.3. The third kappa shape index (κ3) is 3.92. The number of hydrogen-bond acceptors (Lipinski definition) is 6.